The van der Waals surface area contributed by atoms with Crippen LogP contribution in [0.25, 0.3) is 0 Å². The summed E-state index contributed by atoms with van der Waals surface area (Å²) in [4.78, 5) is 11.9. The molecular weight excluding hydrogens is 280 g/mol. The maximum atomic E-state index is 4.62. The Balaban J connectivity index is 2.16. The highest BCUT2D eigenvalue weighted by molar-refractivity contribution is 7.12. The largest absolute Gasteiger partial charge is 0.370 e. The van der Waals surface area contributed by atoms with E-state index in [1.54, 1.807) is 0 Å². The van der Waals surface area contributed by atoms with Gasteiger partial charge in [-0.05, 0) is 32.4 Å². The van der Waals surface area contributed by atoms with Gasteiger partial charge in [-0.1, -0.05) is 13.8 Å². The number of hydrogen-bond donors (Lipinski definition) is 2. The first-order valence-electron chi connectivity index (χ1n) is 7.60. The first-order chi connectivity index (χ1) is 10.2. The number of aryl methyl sites for hydroxylation is 2. The van der Waals surface area contributed by atoms with Gasteiger partial charge in [-0.25, -0.2) is 9.97 Å². The van der Waals surface area contributed by atoms with Gasteiger partial charge in [0, 0.05) is 28.3 Å². The van der Waals surface area contributed by atoms with Gasteiger partial charge in [-0.3, -0.25) is 0 Å². The van der Waals surface area contributed by atoms with Gasteiger partial charge in [-0.2, -0.15) is 0 Å². The smallest absolute Gasteiger partial charge is 0.135 e. The Kier molecular flexibility index (Phi) is 5.56. The van der Waals surface area contributed by atoms with Crippen LogP contribution in [0.5, 0.6) is 0 Å². The van der Waals surface area contributed by atoms with E-state index in [1.807, 2.05) is 11.3 Å². The minimum Gasteiger partial charge on any atom is -0.370 e. The standard InChI is InChI=1S/C16H24N4S/c1-5-12-8-9-13(21-12)10-18-16-11(4)15(17-7-3)19-14(6-2)20-16/h8-9H,5-7,10H2,1-4H3,(H2,17,18,19,20). The zero-order valence-corrected chi connectivity index (χ0v) is 14.1. The molecule has 4 nitrogen and oxygen atoms in total. The molecule has 0 radical (unpaired) electrons. The van der Waals surface area contributed by atoms with Crippen LogP contribution >= 0.6 is 11.3 Å². The summed E-state index contributed by atoms with van der Waals surface area (Å²) in [6.07, 6.45) is 1.94. The third-order valence-electron chi connectivity index (χ3n) is 3.35. The van der Waals surface area contributed by atoms with E-state index in [0.717, 1.165) is 49.0 Å². The predicted octanol–water partition coefficient (Wildman–Crippen LogP) is 4.02. The number of nitrogens with one attached hydrogen (secondary N) is 2. The number of anilines is 2. The fourth-order valence-corrected chi connectivity index (χ4v) is 3.01. The fraction of sp³-hybridized carbons (Fsp3) is 0.500. The van der Waals surface area contributed by atoms with Gasteiger partial charge >= 0.3 is 0 Å². The molecule has 0 aliphatic heterocycles. The molecule has 2 rings (SSSR count). The molecule has 21 heavy (non-hydrogen) atoms. The molecule has 0 saturated heterocycles. The van der Waals surface area contributed by atoms with E-state index in [9.17, 15) is 0 Å². The van der Waals surface area contributed by atoms with Crippen molar-refractivity contribution in [3.05, 3.63) is 33.3 Å². The average Bonchev–Trinajstić information content (AvgIpc) is 2.96. The van der Waals surface area contributed by atoms with E-state index in [-0.39, 0.29) is 0 Å². The van der Waals surface area contributed by atoms with Gasteiger partial charge in [0.1, 0.15) is 17.5 Å². The van der Waals surface area contributed by atoms with Crippen molar-refractivity contribution in [1.82, 2.24) is 9.97 Å². The van der Waals surface area contributed by atoms with Crippen molar-refractivity contribution in [2.45, 2.75) is 47.1 Å². The summed E-state index contributed by atoms with van der Waals surface area (Å²) in [6, 6.07) is 4.40. The molecule has 2 heterocycles. The van der Waals surface area contributed by atoms with Gasteiger partial charge in [0.15, 0.2) is 0 Å². The van der Waals surface area contributed by atoms with E-state index in [1.165, 1.54) is 9.75 Å². The second-order valence-electron chi connectivity index (χ2n) is 4.92. The van der Waals surface area contributed by atoms with E-state index < -0.39 is 0 Å². The van der Waals surface area contributed by atoms with Crippen molar-refractivity contribution in [3.8, 4) is 0 Å². The van der Waals surface area contributed by atoms with Crippen LogP contribution in [0.3, 0.4) is 0 Å². The third kappa shape index (κ3) is 3.94. The molecule has 0 saturated carbocycles. The van der Waals surface area contributed by atoms with E-state index in [2.05, 4.69) is 60.4 Å². The van der Waals surface area contributed by atoms with E-state index in [4.69, 9.17) is 0 Å². The summed E-state index contributed by atoms with van der Waals surface area (Å²) in [5, 5.41) is 6.77. The minimum absolute atomic E-state index is 0.817. The molecule has 0 amide bonds. The third-order valence-corrected chi connectivity index (χ3v) is 4.58. The normalized spacial score (nSPS) is 10.7. The van der Waals surface area contributed by atoms with Crippen molar-refractivity contribution >= 4 is 23.0 Å². The maximum Gasteiger partial charge on any atom is 0.135 e. The summed E-state index contributed by atoms with van der Waals surface area (Å²) in [7, 11) is 0. The van der Waals surface area contributed by atoms with Crippen molar-refractivity contribution in [3.63, 3.8) is 0 Å². The summed E-state index contributed by atoms with van der Waals surface area (Å²) in [5.74, 6) is 2.75. The zero-order chi connectivity index (χ0) is 15.2. The highest BCUT2D eigenvalue weighted by atomic mass is 32.1. The first kappa shape index (κ1) is 15.8. The topological polar surface area (TPSA) is 49.8 Å². The Hall–Kier alpha value is -1.62. The SMILES string of the molecule is CCNc1nc(CC)nc(NCc2ccc(CC)s2)c1C. The van der Waals surface area contributed by atoms with Gasteiger partial charge in [-0.15, -0.1) is 11.3 Å². The molecule has 114 valence electrons. The van der Waals surface area contributed by atoms with Crippen LogP contribution in [0.15, 0.2) is 12.1 Å². The molecule has 0 aliphatic rings. The Morgan fingerprint density at radius 1 is 0.952 bits per heavy atom. The van der Waals surface area contributed by atoms with Gasteiger partial charge in [0.2, 0.25) is 0 Å². The number of nitrogens with zero attached hydrogens (tertiary/aromatic N) is 2. The molecule has 0 atom stereocenters. The predicted molar refractivity (Wildman–Crippen MR) is 91.3 cm³/mol. The molecule has 2 aromatic heterocycles. The Morgan fingerprint density at radius 3 is 2.19 bits per heavy atom. The second-order valence-corrected chi connectivity index (χ2v) is 6.17. The van der Waals surface area contributed by atoms with Gasteiger partial charge < -0.3 is 10.6 Å². The highest BCUT2D eigenvalue weighted by Gasteiger charge is 2.10. The first-order valence-corrected chi connectivity index (χ1v) is 8.42. The minimum atomic E-state index is 0.817. The summed E-state index contributed by atoms with van der Waals surface area (Å²) in [6.45, 7) is 10.1. The number of aromatic nitrogens is 2. The van der Waals surface area contributed by atoms with Crippen molar-refractivity contribution in [2.24, 2.45) is 0 Å². The second kappa shape index (κ2) is 7.41. The van der Waals surface area contributed by atoms with Crippen LogP contribution in [0.4, 0.5) is 11.6 Å². The summed E-state index contributed by atoms with van der Waals surface area (Å²) >= 11 is 1.86. The Morgan fingerprint density at radius 2 is 1.62 bits per heavy atom. The van der Waals surface area contributed by atoms with Crippen LogP contribution in [0.2, 0.25) is 0 Å². The lowest BCUT2D eigenvalue weighted by Gasteiger charge is -2.13. The Bertz CT molecular complexity index is 592. The molecular formula is C16H24N4S. The molecule has 0 fully saturated rings. The molecule has 5 heteroatoms. The molecule has 0 bridgehead atoms. The maximum absolute atomic E-state index is 4.62. The number of hydrogen-bond acceptors (Lipinski definition) is 5. The molecule has 0 spiro atoms. The lowest BCUT2D eigenvalue weighted by molar-refractivity contribution is 0.920. The lowest BCUT2D eigenvalue weighted by Crippen LogP contribution is -2.10. The van der Waals surface area contributed by atoms with Crippen molar-refractivity contribution in [1.29, 1.82) is 0 Å². The lowest BCUT2D eigenvalue weighted by atomic mass is 10.2. The number of rotatable bonds is 7. The van der Waals surface area contributed by atoms with Crippen LogP contribution < -0.4 is 10.6 Å². The molecule has 0 aliphatic carbocycles. The van der Waals surface area contributed by atoms with E-state index in [0.29, 0.717) is 0 Å². The molecule has 2 N–H and O–H groups in total. The average molecular weight is 304 g/mol. The summed E-state index contributed by atoms with van der Waals surface area (Å²) in [5.41, 5.74) is 1.08. The van der Waals surface area contributed by atoms with Gasteiger partial charge in [0.05, 0.1) is 6.54 Å². The quantitative estimate of drug-likeness (QED) is 0.811. The van der Waals surface area contributed by atoms with Crippen LogP contribution in [-0.2, 0) is 19.4 Å². The van der Waals surface area contributed by atoms with Crippen LogP contribution in [-0.4, -0.2) is 16.5 Å². The summed E-state index contributed by atoms with van der Waals surface area (Å²) < 4.78 is 0. The highest BCUT2D eigenvalue weighted by Crippen LogP contribution is 2.22. The monoisotopic (exact) mass is 304 g/mol. The van der Waals surface area contributed by atoms with E-state index >= 15 is 0 Å². The molecule has 0 aromatic carbocycles. The number of thiophene rings is 1. The molecule has 0 unspecified atom stereocenters. The van der Waals surface area contributed by atoms with Crippen LogP contribution in [0.1, 0.15) is 41.9 Å². The van der Waals surface area contributed by atoms with Crippen molar-refractivity contribution in [2.75, 3.05) is 17.2 Å². The molecule has 2 aromatic rings. The fourth-order valence-electron chi connectivity index (χ4n) is 2.11. The van der Waals surface area contributed by atoms with Crippen molar-refractivity contribution < 1.29 is 0 Å². The zero-order valence-electron chi connectivity index (χ0n) is 13.3. The van der Waals surface area contributed by atoms with Gasteiger partial charge in [0.25, 0.3) is 0 Å². The Labute approximate surface area is 131 Å². The van der Waals surface area contributed by atoms with Crippen LogP contribution in [0, 0.1) is 6.92 Å².